The Labute approximate surface area is 131 Å². The highest BCUT2D eigenvalue weighted by Crippen LogP contribution is 2.16. The Kier molecular flexibility index (Phi) is 4.75. The summed E-state index contributed by atoms with van der Waals surface area (Å²) in [5.41, 5.74) is 2.10. The average Bonchev–Trinajstić information content (AvgIpc) is 2.47. The lowest BCUT2D eigenvalue weighted by Gasteiger charge is -2.20. The molecule has 0 atom stereocenters. The van der Waals surface area contributed by atoms with E-state index in [0.717, 1.165) is 17.7 Å². The van der Waals surface area contributed by atoms with Crippen LogP contribution in [-0.2, 0) is 6.42 Å². The average molecular weight is 298 g/mol. The number of nitrogens with one attached hydrogen (secondary N) is 2. The number of aromatic nitrogens is 2. The zero-order valence-corrected chi connectivity index (χ0v) is 13.5. The van der Waals surface area contributed by atoms with Crippen LogP contribution in [-0.4, -0.2) is 21.4 Å². The third-order valence-electron chi connectivity index (χ3n) is 3.03. The number of carbonyl (C=O) groups excluding carboxylic acids is 1. The molecule has 1 amide bonds. The molecule has 2 rings (SSSR count). The van der Waals surface area contributed by atoms with Crippen LogP contribution in [0.5, 0.6) is 0 Å². The van der Waals surface area contributed by atoms with Crippen molar-refractivity contribution in [2.24, 2.45) is 0 Å². The SMILES string of the molecule is CCc1ccccc1NC(=O)c1cnc(NC(C)(C)C)cn1. The zero-order valence-electron chi connectivity index (χ0n) is 13.5. The van der Waals surface area contributed by atoms with Crippen molar-refractivity contribution < 1.29 is 4.79 Å². The summed E-state index contributed by atoms with van der Waals surface area (Å²) in [6.45, 7) is 8.17. The molecule has 2 N–H and O–H groups in total. The summed E-state index contributed by atoms with van der Waals surface area (Å²) in [6, 6.07) is 7.75. The van der Waals surface area contributed by atoms with Crippen LogP contribution in [0.4, 0.5) is 11.5 Å². The lowest BCUT2D eigenvalue weighted by atomic mass is 10.1. The summed E-state index contributed by atoms with van der Waals surface area (Å²) in [5.74, 6) is 0.397. The van der Waals surface area contributed by atoms with E-state index in [2.05, 4.69) is 27.5 Å². The zero-order chi connectivity index (χ0) is 16.2. The number of carbonyl (C=O) groups is 1. The first kappa shape index (κ1) is 15.9. The Morgan fingerprint density at radius 2 is 1.86 bits per heavy atom. The van der Waals surface area contributed by atoms with Gasteiger partial charge < -0.3 is 10.6 Å². The molecular formula is C17H22N4O. The van der Waals surface area contributed by atoms with Crippen molar-refractivity contribution in [2.75, 3.05) is 10.6 Å². The molecule has 5 nitrogen and oxygen atoms in total. The molecule has 0 radical (unpaired) electrons. The van der Waals surface area contributed by atoms with Crippen molar-refractivity contribution in [1.82, 2.24) is 9.97 Å². The number of benzene rings is 1. The monoisotopic (exact) mass is 298 g/mol. The predicted molar refractivity (Wildman–Crippen MR) is 89.2 cm³/mol. The number of hydrogen-bond acceptors (Lipinski definition) is 4. The summed E-state index contributed by atoms with van der Waals surface area (Å²) in [4.78, 5) is 20.7. The van der Waals surface area contributed by atoms with E-state index in [1.807, 2.05) is 45.0 Å². The van der Waals surface area contributed by atoms with E-state index in [1.165, 1.54) is 6.20 Å². The second-order valence-corrected chi connectivity index (χ2v) is 6.13. The van der Waals surface area contributed by atoms with Crippen molar-refractivity contribution in [3.8, 4) is 0 Å². The maximum Gasteiger partial charge on any atom is 0.275 e. The fourth-order valence-corrected chi connectivity index (χ4v) is 2.03. The van der Waals surface area contributed by atoms with Crippen molar-refractivity contribution in [1.29, 1.82) is 0 Å². The minimum atomic E-state index is -0.254. The number of para-hydroxylation sites is 1. The molecule has 2 aromatic rings. The van der Waals surface area contributed by atoms with Crippen LogP contribution in [0.25, 0.3) is 0 Å². The van der Waals surface area contributed by atoms with E-state index in [-0.39, 0.29) is 11.4 Å². The molecule has 0 saturated carbocycles. The van der Waals surface area contributed by atoms with Gasteiger partial charge in [0.1, 0.15) is 11.5 Å². The van der Waals surface area contributed by atoms with Crippen LogP contribution in [0.15, 0.2) is 36.7 Å². The Bertz CT molecular complexity index is 644. The maximum atomic E-state index is 12.2. The van der Waals surface area contributed by atoms with Gasteiger partial charge in [-0.05, 0) is 38.8 Å². The summed E-state index contributed by atoms with van der Waals surface area (Å²) >= 11 is 0. The number of amides is 1. The first-order chi connectivity index (χ1) is 10.4. The highest BCUT2D eigenvalue weighted by molar-refractivity contribution is 6.03. The molecule has 0 spiro atoms. The second kappa shape index (κ2) is 6.56. The van der Waals surface area contributed by atoms with Crippen LogP contribution in [0.2, 0.25) is 0 Å². The fourth-order valence-electron chi connectivity index (χ4n) is 2.03. The summed E-state index contributed by atoms with van der Waals surface area (Å²) < 4.78 is 0. The molecule has 0 unspecified atom stereocenters. The lowest BCUT2D eigenvalue weighted by Crippen LogP contribution is -2.27. The Morgan fingerprint density at radius 1 is 1.14 bits per heavy atom. The molecule has 0 aliphatic carbocycles. The van der Waals surface area contributed by atoms with E-state index < -0.39 is 0 Å². The first-order valence-corrected chi connectivity index (χ1v) is 7.38. The molecule has 0 aliphatic heterocycles. The van der Waals surface area contributed by atoms with Gasteiger partial charge in [0.15, 0.2) is 0 Å². The summed E-state index contributed by atoms with van der Waals surface area (Å²) in [7, 11) is 0. The molecule has 0 fully saturated rings. The first-order valence-electron chi connectivity index (χ1n) is 7.38. The summed E-state index contributed by atoms with van der Waals surface area (Å²) in [6.07, 6.45) is 3.92. The van der Waals surface area contributed by atoms with Gasteiger partial charge in [-0.15, -0.1) is 0 Å². The Morgan fingerprint density at radius 3 is 2.45 bits per heavy atom. The smallest absolute Gasteiger partial charge is 0.275 e. The molecule has 0 saturated heterocycles. The van der Waals surface area contributed by atoms with Crippen LogP contribution in [0.3, 0.4) is 0 Å². The molecule has 116 valence electrons. The number of hydrogen-bond donors (Lipinski definition) is 2. The minimum Gasteiger partial charge on any atom is -0.364 e. The predicted octanol–water partition coefficient (Wildman–Crippen LogP) is 3.50. The van der Waals surface area contributed by atoms with E-state index >= 15 is 0 Å². The number of rotatable bonds is 4. The van der Waals surface area contributed by atoms with Crippen LogP contribution in [0.1, 0.15) is 43.7 Å². The Balaban J connectivity index is 2.10. The topological polar surface area (TPSA) is 66.9 Å². The Hall–Kier alpha value is -2.43. The quantitative estimate of drug-likeness (QED) is 0.906. The van der Waals surface area contributed by atoms with Crippen LogP contribution >= 0.6 is 0 Å². The van der Waals surface area contributed by atoms with Crippen molar-refractivity contribution in [3.05, 3.63) is 47.9 Å². The van der Waals surface area contributed by atoms with Crippen LogP contribution < -0.4 is 10.6 Å². The second-order valence-electron chi connectivity index (χ2n) is 6.13. The van der Waals surface area contributed by atoms with Gasteiger partial charge in [-0.2, -0.15) is 0 Å². The van der Waals surface area contributed by atoms with E-state index in [1.54, 1.807) is 6.20 Å². The molecule has 0 aliphatic rings. The van der Waals surface area contributed by atoms with Crippen molar-refractivity contribution in [2.45, 2.75) is 39.7 Å². The van der Waals surface area contributed by atoms with Crippen molar-refractivity contribution >= 4 is 17.4 Å². The molecule has 0 bridgehead atoms. The van der Waals surface area contributed by atoms with Gasteiger partial charge in [0.2, 0.25) is 0 Å². The largest absolute Gasteiger partial charge is 0.364 e. The van der Waals surface area contributed by atoms with Crippen LogP contribution in [0, 0.1) is 0 Å². The van der Waals surface area contributed by atoms with E-state index in [9.17, 15) is 4.79 Å². The number of anilines is 2. The number of aryl methyl sites for hydroxylation is 1. The van der Waals surface area contributed by atoms with Gasteiger partial charge in [0.25, 0.3) is 5.91 Å². The molecular weight excluding hydrogens is 276 g/mol. The number of nitrogens with zero attached hydrogens (tertiary/aromatic N) is 2. The van der Waals surface area contributed by atoms with Gasteiger partial charge >= 0.3 is 0 Å². The third kappa shape index (κ3) is 4.28. The molecule has 1 aromatic heterocycles. The van der Waals surface area contributed by atoms with Gasteiger partial charge in [0, 0.05) is 11.2 Å². The van der Waals surface area contributed by atoms with Crippen molar-refractivity contribution in [3.63, 3.8) is 0 Å². The van der Waals surface area contributed by atoms with Gasteiger partial charge in [-0.25, -0.2) is 9.97 Å². The molecule has 5 heteroatoms. The lowest BCUT2D eigenvalue weighted by molar-refractivity contribution is 0.102. The normalized spacial score (nSPS) is 11.1. The highest BCUT2D eigenvalue weighted by atomic mass is 16.1. The van der Waals surface area contributed by atoms with E-state index in [0.29, 0.717) is 11.5 Å². The summed E-state index contributed by atoms with van der Waals surface area (Å²) in [5, 5.41) is 6.09. The van der Waals surface area contributed by atoms with Gasteiger partial charge in [0.05, 0.1) is 12.4 Å². The minimum absolute atomic E-state index is 0.0987. The molecule has 22 heavy (non-hydrogen) atoms. The molecule has 1 heterocycles. The standard InChI is InChI=1S/C17H22N4O/c1-5-12-8-6-7-9-13(12)20-16(22)14-10-19-15(11-18-14)21-17(2,3)4/h6-11H,5H2,1-4H3,(H,19,21)(H,20,22). The molecule has 1 aromatic carbocycles. The highest BCUT2D eigenvalue weighted by Gasteiger charge is 2.13. The fraction of sp³-hybridized carbons (Fsp3) is 0.353. The van der Waals surface area contributed by atoms with Gasteiger partial charge in [-0.1, -0.05) is 25.1 Å². The van der Waals surface area contributed by atoms with E-state index in [4.69, 9.17) is 0 Å². The third-order valence-corrected chi connectivity index (χ3v) is 3.03. The maximum absolute atomic E-state index is 12.2. The van der Waals surface area contributed by atoms with Gasteiger partial charge in [-0.3, -0.25) is 4.79 Å².